The molecule has 0 aromatic heterocycles. The lowest BCUT2D eigenvalue weighted by Gasteiger charge is -2.04. The lowest BCUT2D eigenvalue weighted by Crippen LogP contribution is -1.97. The Morgan fingerprint density at radius 2 is 1.88 bits per heavy atom. The number of hydrogen-bond donors (Lipinski definition) is 1. The fourth-order valence-electron chi connectivity index (χ4n) is 1.71. The Bertz CT molecular complexity index is 745. The van der Waals surface area contributed by atoms with E-state index >= 15 is 0 Å². The third kappa shape index (κ3) is 1.81. The van der Waals surface area contributed by atoms with E-state index in [1.807, 2.05) is 0 Å². The first-order chi connectivity index (χ1) is 7.95. The number of aromatic hydroxyl groups is 1. The molecule has 0 aliphatic rings. The van der Waals surface area contributed by atoms with Crippen molar-refractivity contribution in [2.24, 2.45) is 0 Å². The van der Waals surface area contributed by atoms with Crippen molar-refractivity contribution < 1.29 is 13.5 Å². The Morgan fingerprint density at radius 3 is 2.47 bits per heavy atom. The van der Waals surface area contributed by atoms with Crippen molar-refractivity contribution in [3.63, 3.8) is 0 Å². The monoisotopic (exact) mass is 249 g/mol. The molecule has 0 heterocycles. The van der Waals surface area contributed by atoms with Crippen LogP contribution in [-0.2, 0) is 9.84 Å². The van der Waals surface area contributed by atoms with Crippen molar-refractivity contribution in [3.8, 4) is 5.75 Å². The number of benzene rings is 2. The van der Waals surface area contributed by atoms with Gasteiger partial charge < -0.3 is 5.11 Å². The molecule has 0 amide bonds. The largest absolute Gasteiger partial charge is 0.501 e. The SMILES string of the molecule is CS(=O)(=O)c1cccc2c(O)c([N+]#N)ccc12. The summed E-state index contributed by atoms with van der Waals surface area (Å²) in [6, 6.07) is 7.41. The van der Waals surface area contributed by atoms with Crippen LogP contribution in [0.4, 0.5) is 5.69 Å². The van der Waals surface area contributed by atoms with Crippen LogP contribution in [0.2, 0.25) is 0 Å². The van der Waals surface area contributed by atoms with Gasteiger partial charge in [-0.2, -0.15) is 0 Å². The number of phenolic OH excluding ortho intramolecular Hbond substituents is 1. The molecule has 86 valence electrons. The third-order valence-electron chi connectivity index (χ3n) is 2.48. The highest BCUT2D eigenvalue weighted by molar-refractivity contribution is 7.91. The average molecular weight is 249 g/mol. The summed E-state index contributed by atoms with van der Waals surface area (Å²) in [6.07, 6.45) is 1.10. The summed E-state index contributed by atoms with van der Waals surface area (Å²) in [4.78, 5) is 3.05. The van der Waals surface area contributed by atoms with Gasteiger partial charge in [0.1, 0.15) is 0 Å². The van der Waals surface area contributed by atoms with Crippen LogP contribution >= 0.6 is 0 Å². The molecule has 0 saturated heterocycles. The summed E-state index contributed by atoms with van der Waals surface area (Å²) in [5.74, 6) is -0.240. The predicted molar refractivity (Wildman–Crippen MR) is 63.5 cm³/mol. The summed E-state index contributed by atoms with van der Waals surface area (Å²) in [5, 5.41) is 19.2. The summed E-state index contributed by atoms with van der Waals surface area (Å²) in [7, 11) is -3.37. The van der Waals surface area contributed by atoms with E-state index in [4.69, 9.17) is 5.39 Å². The zero-order valence-corrected chi connectivity index (χ0v) is 9.77. The molecule has 0 fully saturated rings. The minimum Gasteiger partial charge on any atom is -0.501 e. The fourth-order valence-corrected chi connectivity index (χ4v) is 2.61. The van der Waals surface area contributed by atoms with E-state index in [1.54, 1.807) is 6.07 Å². The van der Waals surface area contributed by atoms with Gasteiger partial charge in [-0.15, -0.1) is 0 Å². The Kier molecular flexibility index (Phi) is 2.48. The maximum absolute atomic E-state index is 11.6. The maximum Gasteiger partial charge on any atom is 0.426 e. The minimum absolute atomic E-state index is 0.00292. The van der Waals surface area contributed by atoms with Gasteiger partial charge in [0, 0.05) is 23.1 Å². The standard InChI is InChI=1S/C11H8N2O3S/c1-17(15,16)10-4-2-3-8-7(10)5-6-9(13-12)11(8)14/h2-6H,1H3/p+1. The van der Waals surface area contributed by atoms with Crippen LogP contribution in [0, 0.1) is 5.39 Å². The lowest BCUT2D eigenvalue weighted by atomic mass is 10.1. The van der Waals surface area contributed by atoms with Crippen molar-refractivity contribution in [2.45, 2.75) is 4.90 Å². The van der Waals surface area contributed by atoms with Crippen LogP contribution in [0.3, 0.4) is 0 Å². The van der Waals surface area contributed by atoms with Crippen LogP contribution < -0.4 is 0 Å². The van der Waals surface area contributed by atoms with Gasteiger partial charge >= 0.3 is 5.69 Å². The Balaban J connectivity index is 2.96. The highest BCUT2D eigenvalue weighted by Crippen LogP contribution is 2.36. The fraction of sp³-hybridized carbons (Fsp3) is 0.0909. The quantitative estimate of drug-likeness (QED) is 0.787. The molecular formula is C11H9N2O3S+. The highest BCUT2D eigenvalue weighted by atomic mass is 32.2. The second kappa shape index (κ2) is 3.71. The van der Waals surface area contributed by atoms with E-state index in [1.165, 1.54) is 24.3 Å². The summed E-state index contributed by atoms with van der Waals surface area (Å²) in [6.45, 7) is 0. The van der Waals surface area contributed by atoms with E-state index in [-0.39, 0.29) is 16.3 Å². The molecule has 17 heavy (non-hydrogen) atoms. The lowest BCUT2D eigenvalue weighted by molar-refractivity contribution is 0.484. The third-order valence-corrected chi connectivity index (χ3v) is 3.63. The van der Waals surface area contributed by atoms with E-state index in [0.29, 0.717) is 10.8 Å². The van der Waals surface area contributed by atoms with Crippen molar-refractivity contribution in [1.82, 2.24) is 0 Å². The molecule has 6 heteroatoms. The molecule has 0 aliphatic carbocycles. The summed E-state index contributed by atoms with van der Waals surface area (Å²) < 4.78 is 23.1. The summed E-state index contributed by atoms with van der Waals surface area (Å²) in [5.41, 5.74) is 0.00292. The molecule has 0 spiro atoms. The number of rotatable bonds is 1. The van der Waals surface area contributed by atoms with Crippen molar-refractivity contribution in [1.29, 1.82) is 5.39 Å². The van der Waals surface area contributed by atoms with Gasteiger partial charge in [-0.25, -0.2) is 8.42 Å². The van der Waals surface area contributed by atoms with Crippen molar-refractivity contribution in [3.05, 3.63) is 35.3 Å². The minimum atomic E-state index is -3.37. The molecular weight excluding hydrogens is 240 g/mol. The number of phenols is 1. The number of sulfone groups is 1. The normalized spacial score (nSPS) is 11.3. The van der Waals surface area contributed by atoms with Crippen LogP contribution in [0.5, 0.6) is 5.75 Å². The molecule has 2 rings (SSSR count). The topological polar surface area (TPSA) is 82.5 Å². The van der Waals surface area contributed by atoms with Gasteiger partial charge in [0.25, 0.3) is 0 Å². The number of nitrogens with zero attached hydrogens (tertiary/aromatic N) is 2. The number of hydrogen-bond acceptors (Lipinski definition) is 4. The first-order valence-corrected chi connectivity index (χ1v) is 6.64. The summed E-state index contributed by atoms with van der Waals surface area (Å²) >= 11 is 0. The second-order valence-electron chi connectivity index (χ2n) is 3.66. The van der Waals surface area contributed by atoms with Crippen molar-refractivity contribution >= 4 is 26.3 Å². The van der Waals surface area contributed by atoms with Gasteiger partial charge in [0.05, 0.1) is 4.90 Å². The van der Waals surface area contributed by atoms with E-state index in [2.05, 4.69) is 4.98 Å². The van der Waals surface area contributed by atoms with E-state index in [0.717, 1.165) is 6.26 Å². The number of diazo groups is 1. The molecule has 5 nitrogen and oxygen atoms in total. The molecule has 2 aromatic carbocycles. The van der Waals surface area contributed by atoms with Crippen LogP contribution in [0.15, 0.2) is 35.2 Å². The smallest absolute Gasteiger partial charge is 0.426 e. The van der Waals surface area contributed by atoms with Crippen molar-refractivity contribution in [2.75, 3.05) is 6.26 Å². The first-order valence-electron chi connectivity index (χ1n) is 4.75. The van der Waals surface area contributed by atoms with Gasteiger partial charge in [0.2, 0.25) is 11.1 Å². The Hall–Kier alpha value is -2.13. The predicted octanol–water partition coefficient (Wildman–Crippen LogP) is 2.43. The molecule has 1 N–H and O–H groups in total. The van der Waals surface area contributed by atoms with Crippen LogP contribution in [-0.4, -0.2) is 19.8 Å². The molecule has 2 aromatic rings. The Morgan fingerprint density at radius 1 is 1.18 bits per heavy atom. The second-order valence-corrected chi connectivity index (χ2v) is 5.64. The van der Waals surface area contributed by atoms with Gasteiger partial charge in [-0.1, -0.05) is 12.1 Å². The van der Waals surface area contributed by atoms with Gasteiger partial charge in [-0.3, -0.25) is 0 Å². The van der Waals surface area contributed by atoms with E-state index < -0.39 is 9.84 Å². The average Bonchev–Trinajstić information content (AvgIpc) is 2.28. The van der Waals surface area contributed by atoms with Crippen LogP contribution in [0.25, 0.3) is 15.7 Å². The molecule has 0 saturated carbocycles. The zero-order valence-electron chi connectivity index (χ0n) is 8.95. The molecule has 0 aliphatic heterocycles. The molecule has 0 unspecified atom stereocenters. The van der Waals surface area contributed by atoms with Gasteiger partial charge in [0.15, 0.2) is 14.8 Å². The molecule has 0 atom stereocenters. The van der Waals surface area contributed by atoms with Gasteiger partial charge in [-0.05, 0) is 12.1 Å². The highest BCUT2D eigenvalue weighted by Gasteiger charge is 2.19. The Labute approximate surface area is 97.9 Å². The molecule has 0 bridgehead atoms. The van der Waals surface area contributed by atoms with Crippen LogP contribution in [0.1, 0.15) is 0 Å². The number of fused-ring (bicyclic) bond motifs is 1. The molecule has 0 radical (unpaired) electrons. The zero-order chi connectivity index (χ0) is 12.6. The van der Waals surface area contributed by atoms with E-state index in [9.17, 15) is 13.5 Å². The first kappa shape index (κ1) is 11.4. The maximum atomic E-state index is 11.6.